The van der Waals surface area contributed by atoms with E-state index in [1.165, 1.54) is 17.7 Å². The largest absolute Gasteiger partial charge is 0.495 e. The first kappa shape index (κ1) is 24.6. The predicted molar refractivity (Wildman–Crippen MR) is 139 cm³/mol. The third-order valence-corrected chi connectivity index (χ3v) is 6.23. The second-order valence-corrected chi connectivity index (χ2v) is 8.62. The smallest absolute Gasteiger partial charge is 0.337 e. The highest BCUT2D eigenvalue weighted by molar-refractivity contribution is 5.93. The summed E-state index contributed by atoms with van der Waals surface area (Å²) < 4.78 is 8.41. The average Bonchev–Trinajstić information content (AvgIpc) is 3.58. The third kappa shape index (κ3) is 4.57. The summed E-state index contributed by atoms with van der Waals surface area (Å²) in [5.74, 6) is -0.295. The molecule has 2 N–H and O–H groups in total. The molecule has 11 nitrogen and oxygen atoms in total. The van der Waals surface area contributed by atoms with Gasteiger partial charge >= 0.3 is 11.7 Å². The molecule has 11 heteroatoms. The second-order valence-electron chi connectivity index (χ2n) is 8.62. The fraction of sp³-hybridized carbons (Fsp3) is 0.185. The van der Waals surface area contributed by atoms with Gasteiger partial charge in [-0.2, -0.15) is 0 Å². The second kappa shape index (κ2) is 10.5. The van der Waals surface area contributed by atoms with Gasteiger partial charge in [0.05, 0.1) is 24.9 Å². The van der Waals surface area contributed by atoms with Crippen LogP contribution in [0.2, 0.25) is 0 Å². The van der Waals surface area contributed by atoms with Gasteiger partial charge < -0.3 is 9.84 Å². The van der Waals surface area contributed by atoms with Gasteiger partial charge in [-0.1, -0.05) is 49.7 Å². The zero-order valence-electron chi connectivity index (χ0n) is 20.8. The van der Waals surface area contributed by atoms with E-state index in [1.54, 1.807) is 29.1 Å². The molecule has 0 saturated heterocycles. The standard InChI is InChI=1S/C27H25N7O4/c1-3-7-18-16-34(24-21(26(35)36)10-6-11-23(24)38-2)27(37)33(18)15-17-12-13-22(28-14-17)19-8-4-5-9-20(19)25-29-31-32-30-25/h4-6,8-14,16H,3,7,15H2,1-2H3,(H,35,36)(H,29,30,31,32). The van der Waals surface area contributed by atoms with Crippen molar-refractivity contribution in [3.63, 3.8) is 0 Å². The molecule has 0 aliphatic heterocycles. The van der Waals surface area contributed by atoms with E-state index in [0.717, 1.165) is 34.5 Å². The Morgan fingerprint density at radius 3 is 2.55 bits per heavy atom. The highest BCUT2D eigenvalue weighted by atomic mass is 16.5. The van der Waals surface area contributed by atoms with E-state index in [-0.39, 0.29) is 23.5 Å². The molecule has 2 aromatic carbocycles. The fourth-order valence-corrected chi connectivity index (χ4v) is 4.47. The number of carbonyl (C=O) groups is 1. The molecule has 5 aromatic rings. The van der Waals surface area contributed by atoms with Gasteiger partial charge in [0, 0.05) is 29.2 Å². The molecule has 0 amide bonds. The van der Waals surface area contributed by atoms with Gasteiger partial charge in [-0.05, 0) is 40.6 Å². The molecular formula is C27H25N7O4. The lowest BCUT2D eigenvalue weighted by molar-refractivity contribution is 0.0696. The minimum atomic E-state index is -1.14. The lowest BCUT2D eigenvalue weighted by Gasteiger charge is -2.11. The van der Waals surface area contributed by atoms with Gasteiger partial charge in [-0.15, -0.1) is 5.10 Å². The highest BCUT2D eigenvalue weighted by Gasteiger charge is 2.21. The Morgan fingerprint density at radius 1 is 1.08 bits per heavy atom. The number of pyridine rings is 1. The minimum Gasteiger partial charge on any atom is -0.495 e. The maximum absolute atomic E-state index is 13.6. The summed E-state index contributed by atoms with van der Waals surface area (Å²) in [4.78, 5) is 30.2. The van der Waals surface area contributed by atoms with Crippen molar-refractivity contribution >= 4 is 5.97 Å². The topological polar surface area (TPSA) is 141 Å². The van der Waals surface area contributed by atoms with Crippen molar-refractivity contribution in [2.75, 3.05) is 7.11 Å². The number of methoxy groups -OCH3 is 1. The van der Waals surface area contributed by atoms with Crippen LogP contribution in [0.1, 0.15) is 35.0 Å². The normalized spacial score (nSPS) is 11.0. The number of aromatic nitrogens is 7. The summed E-state index contributed by atoms with van der Waals surface area (Å²) in [5, 5.41) is 23.9. The maximum Gasteiger partial charge on any atom is 0.337 e. The molecule has 0 saturated carbocycles. The predicted octanol–water partition coefficient (Wildman–Crippen LogP) is 3.59. The molecule has 0 aliphatic carbocycles. The first-order valence-corrected chi connectivity index (χ1v) is 12.0. The molecule has 0 aliphatic rings. The first-order valence-electron chi connectivity index (χ1n) is 12.0. The van der Waals surface area contributed by atoms with Crippen molar-refractivity contribution in [1.29, 1.82) is 0 Å². The number of nitrogens with one attached hydrogen (secondary N) is 1. The molecule has 192 valence electrons. The van der Waals surface area contributed by atoms with Gasteiger partial charge in [0.15, 0.2) is 5.82 Å². The summed E-state index contributed by atoms with van der Waals surface area (Å²) >= 11 is 0. The zero-order valence-corrected chi connectivity index (χ0v) is 20.8. The van der Waals surface area contributed by atoms with Crippen molar-refractivity contribution in [3.8, 4) is 34.1 Å². The number of aromatic amines is 1. The van der Waals surface area contributed by atoms with Crippen LogP contribution >= 0.6 is 0 Å². The summed E-state index contributed by atoms with van der Waals surface area (Å²) in [6, 6.07) is 16.2. The Kier molecular flexibility index (Phi) is 6.81. The number of H-pyrrole nitrogens is 1. The molecule has 38 heavy (non-hydrogen) atoms. The summed E-state index contributed by atoms with van der Waals surface area (Å²) in [6.07, 6.45) is 4.88. The maximum atomic E-state index is 13.6. The van der Waals surface area contributed by atoms with Crippen molar-refractivity contribution in [2.45, 2.75) is 26.3 Å². The molecule has 5 rings (SSSR count). The van der Waals surface area contributed by atoms with Crippen molar-refractivity contribution in [3.05, 3.63) is 94.3 Å². The van der Waals surface area contributed by atoms with E-state index in [4.69, 9.17) is 4.74 Å². The van der Waals surface area contributed by atoms with Crippen LogP contribution in [-0.2, 0) is 13.0 Å². The van der Waals surface area contributed by atoms with Gasteiger partial charge in [0.25, 0.3) is 0 Å². The van der Waals surface area contributed by atoms with Crippen LogP contribution in [0.3, 0.4) is 0 Å². The number of aryl methyl sites for hydroxylation is 1. The van der Waals surface area contributed by atoms with Crippen LogP contribution in [0, 0.1) is 0 Å². The quantitative estimate of drug-likeness (QED) is 0.306. The number of carboxylic acid groups (broad SMARTS) is 1. The number of para-hydroxylation sites is 1. The lowest BCUT2D eigenvalue weighted by Crippen LogP contribution is -2.26. The molecule has 0 unspecified atom stereocenters. The van der Waals surface area contributed by atoms with Crippen LogP contribution in [0.4, 0.5) is 0 Å². The number of ether oxygens (including phenoxy) is 1. The van der Waals surface area contributed by atoms with Gasteiger partial charge in [0.2, 0.25) is 0 Å². The molecule has 0 bridgehead atoms. The summed E-state index contributed by atoms with van der Waals surface area (Å²) in [5.41, 5.74) is 3.86. The van der Waals surface area contributed by atoms with Gasteiger partial charge in [-0.3, -0.25) is 14.1 Å². The average molecular weight is 512 g/mol. The molecule has 0 fully saturated rings. The van der Waals surface area contributed by atoms with Crippen LogP contribution in [-0.4, -0.2) is 52.9 Å². The number of tetrazole rings is 1. The lowest BCUT2D eigenvalue weighted by atomic mass is 10.0. The Labute approximate surface area is 217 Å². The van der Waals surface area contributed by atoms with E-state index < -0.39 is 5.97 Å². The first-order chi connectivity index (χ1) is 18.5. The number of hydrogen-bond acceptors (Lipinski definition) is 7. The van der Waals surface area contributed by atoms with Crippen molar-refractivity contribution in [2.24, 2.45) is 0 Å². The monoisotopic (exact) mass is 511 g/mol. The fourth-order valence-electron chi connectivity index (χ4n) is 4.47. The summed E-state index contributed by atoms with van der Waals surface area (Å²) in [7, 11) is 1.45. The van der Waals surface area contributed by atoms with Crippen molar-refractivity contribution in [1.82, 2.24) is 34.7 Å². The Balaban J connectivity index is 1.52. The molecule has 0 atom stereocenters. The Morgan fingerprint density at radius 2 is 1.89 bits per heavy atom. The van der Waals surface area contributed by atoms with E-state index in [1.807, 2.05) is 43.3 Å². The van der Waals surface area contributed by atoms with Gasteiger partial charge in [0.1, 0.15) is 11.4 Å². The van der Waals surface area contributed by atoms with E-state index >= 15 is 0 Å². The number of rotatable bonds is 9. The SMILES string of the molecule is CCCc1cn(-c2c(OC)cccc2C(=O)O)c(=O)n1Cc1ccc(-c2ccccc2-c2nnn[nH]2)nc1. The van der Waals surface area contributed by atoms with E-state index in [9.17, 15) is 14.7 Å². The number of benzene rings is 2. The number of hydrogen-bond donors (Lipinski definition) is 2. The van der Waals surface area contributed by atoms with Crippen LogP contribution in [0.5, 0.6) is 5.75 Å². The molecular weight excluding hydrogens is 486 g/mol. The number of carboxylic acids is 1. The van der Waals surface area contributed by atoms with Crippen LogP contribution in [0.15, 0.2) is 71.8 Å². The van der Waals surface area contributed by atoms with E-state index in [2.05, 4.69) is 25.6 Å². The van der Waals surface area contributed by atoms with Crippen molar-refractivity contribution < 1.29 is 14.6 Å². The minimum absolute atomic E-state index is 0.0155. The molecule has 0 spiro atoms. The van der Waals surface area contributed by atoms with Gasteiger partial charge in [-0.25, -0.2) is 14.7 Å². The molecule has 3 aromatic heterocycles. The zero-order chi connectivity index (χ0) is 26.6. The third-order valence-electron chi connectivity index (χ3n) is 6.23. The Bertz CT molecular complexity index is 1640. The van der Waals surface area contributed by atoms with Crippen LogP contribution < -0.4 is 10.4 Å². The number of nitrogens with zero attached hydrogens (tertiary/aromatic N) is 6. The molecule has 0 radical (unpaired) electrons. The summed E-state index contributed by atoms with van der Waals surface area (Å²) in [6.45, 7) is 2.30. The number of imidazole rings is 1. The number of aromatic carboxylic acids is 1. The molecule has 3 heterocycles. The van der Waals surface area contributed by atoms with E-state index in [0.29, 0.717) is 18.0 Å². The highest BCUT2D eigenvalue weighted by Crippen LogP contribution is 2.29. The Hall–Kier alpha value is -5.06. The van der Waals surface area contributed by atoms with Crippen LogP contribution in [0.25, 0.3) is 28.3 Å².